The highest BCUT2D eigenvalue weighted by molar-refractivity contribution is 5.54. The van der Waals surface area contributed by atoms with E-state index >= 15 is 0 Å². The molecular weight excluding hydrogens is 328 g/mol. The Labute approximate surface area is 155 Å². The average Bonchev–Trinajstić information content (AvgIpc) is 2.69. The Morgan fingerprint density at radius 3 is 2.62 bits per heavy atom. The predicted molar refractivity (Wildman–Crippen MR) is 99.2 cm³/mol. The first-order chi connectivity index (χ1) is 12.6. The summed E-state index contributed by atoms with van der Waals surface area (Å²) in [4.78, 5) is 13.9. The molecule has 1 aromatic rings. The Balaban J connectivity index is 2.06. The Hall–Kier alpha value is -2.06. The summed E-state index contributed by atoms with van der Waals surface area (Å²) in [5.41, 5.74) is 2.47. The van der Waals surface area contributed by atoms with Crippen LogP contribution in [0.4, 0.5) is 0 Å². The fourth-order valence-electron chi connectivity index (χ4n) is 4.96. The topological polar surface area (TPSA) is 62.6 Å². The zero-order chi connectivity index (χ0) is 18.8. The number of rotatable bonds is 5. The molecule has 1 saturated heterocycles. The monoisotopic (exact) mass is 356 g/mol. The molecule has 1 aromatic carbocycles. The predicted octanol–water partition coefficient (Wildman–Crippen LogP) is 3.38. The third-order valence-electron chi connectivity index (χ3n) is 6.35. The van der Waals surface area contributed by atoms with Crippen LogP contribution in [-0.2, 0) is 11.2 Å². The van der Waals surface area contributed by atoms with Gasteiger partial charge in [-0.1, -0.05) is 20.3 Å². The second-order valence-electron chi connectivity index (χ2n) is 7.45. The molecule has 2 heterocycles. The fraction of sp³-hybridized carbons (Fsp3) is 0.619. The second-order valence-corrected chi connectivity index (χ2v) is 7.45. The van der Waals surface area contributed by atoms with Crippen LogP contribution in [0.25, 0.3) is 0 Å². The molecule has 0 spiro atoms. The van der Waals surface area contributed by atoms with E-state index in [1.165, 1.54) is 11.1 Å². The van der Waals surface area contributed by atoms with Crippen molar-refractivity contribution in [3.63, 3.8) is 0 Å². The van der Waals surface area contributed by atoms with Gasteiger partial charge >= 0.3 is 0 Å². The molecular formula is C21H28N2O3. The van der Waals surface area contributed by atoms with Crippen molar-refractivity contribution >= 4 is 6.29 Å². The molecule has 0 saturated carbocycles. The largest absolute Gasteiger partial charge is 0.493 e. The average molecular weight is 356 g/mol. The number of carbonyl (C=O) groups is 1. The van der Waals surface area contributed by atoms with Gasteiger partial charge in [0.05, 0.1) is 20.3 Å². The summed E-state index contributed by atoms with van der Waals surface area (Å²) in [6, 6.07) is 6.68. The fourth-order valence-corrected chi connectivity index (χ4v) is 4.96. The van der Waals surface area contributed by atoms with E-state index in [2.05, 4.69) is 30.0 Å². The van der Waals surface area contributed by atoms with Crippen molar-refractivity contribution in [2.45, 2.75) is 45.2 Å². The van der Waals surface area contributed by atoms with Gasteiger partial charge < -0.3 is 14.3 Å². The highest BCUT2D eigenvalue weighted by atomic mass is 16.5. The summed E-state index contributed by atoms with van der Waals surface area (Å²) < 4.78 is 11.0. The lowest BCUT2D eigenvalue weighted by Crippen LogP contribution is -2.53. The third-order valence-corrected chi connectivity index (χ3v) is 6.35. The molecule has 2 aliphatic heterocycles. The number of carbonyl (C=O) groups excluding carboxylic acids is 1. The first-order valence-electron chi connectivity index (χ1n) is 9.44. The lowest BCUT2D eigenvalue weighted by molar-refractivity contribution is -0.114. The van der Waals surface area contributed by atoms with Crippen molar-refractivity contribution in [3.8, 4) is 17.6 Å². The summed E-state index contributed by atoms with van der Waals surface area (Å²) >= 11 is 0. The van der Waals surface area contributed by atoms with Crippen LogP contribution in [0, 0.1) is 29.1 Å². The van der Waals surface area contributed by atoms with Gasteiger partial charge in [-0.05, 0) is 47.9 Å². The second kappa shape index (κ2) is 7.67. The van der Waals surface area contributed by atoms with Crippen LogP contribution in [0.15, 0.2) is 12.1 Å². The minimum Gasteiger partial charge on any atom is -0.493 e. The van der Waals surface area contributed by atoms with Crippen molar-refractivity contribution in [3.05, 3.63) is 23.3 Å². The van der Waals surface area contributed by atoms with Gasteiger partial charge in [-0.25, -0.2) is 0 Å². The molecule has 0 radical (unpaired) electrons. The number of nitrogens with zero attached hydrogens (tertiary/aromatic N) is 2. The molecule has 0 amide bonds. The Morgan fingerprint density at radius 2 is 2.04 bits per heavy atom. The minimum absolute atomic E-state index is 0.0385. The number of fused-ring (bicyclic) bond motifs is 3. The quantitative estimate of drug-likeness (QED) is 0.757. The molecule has 2 aliphatic rings. The van der Waals surface area contributed by atoms with Gasteiger partial charge in [0, 0.05) is 18.5 Å². The van der Waals surface area contributed by atoms with E-state index in [-0.39, 0.29) is 29.8 Å². The first kappa shape index (κ1) is 18.7. The summed E-state index contributed by atoms with van der Waals surface area (Å²) in [6.45, 7) is 4.98. The summed E-state index contributed by atoms with van der Waals surface area (Å²) in [7, 11) is 3.30. The van der Waals surface area contributed by atoms with Gasteiger partial charge in [0.1, 0.15) is 12.3 Å². The number of piperidine rings is 1. The van der Waals surface area contributed by atoms with E-state index in [0.29, 0.717) is 0 Å². The van der Waals surface area contributed by atoms with Gasteiger partial charge in [-0.2, -0.15) is 5.26 Å². The van der Waals surface area contributed by atoms with Gasteiger partial charge in [0.2, 0.25) is 0 Å². The Morgan fingerprint density at radius 1 is 1.35 bits per heavy atom. The van der Waals surface area contributed by atoms with Crippen molar-refractivity contribution in [2.75, 3.05) is 20.8 Å². The van der Waals surface area contributed by atoms with Gasteiger partial charge in [-0.15, -0.1) is 0 Å². The maximum absolute atomic E-state index is 11.5. The van der Waals surface area contributed by atoms with E-state index < -0.39 is 0 Å². The molecule has 3 rings (SSSR count). The van der Waals surface area contributed by atoms with Crippen molar-refractivity contribution in [1.29, 1.82) is 5.26 Å². The van der Waals surface area contributed by atoms with E-state index in [1.807, 2.05) is 6.92 Å². The SMILES string of the molecule is CC[C@@H]1[C@@H](C(C)C=O)C[C@H]2c3cc(OC)c(OC)cc3CCN2[C@@H]1C#N. The first-order valence-corrected chi connectivity index (χ1v) is 9.44. The Kier molecular flexibility index (Phi) is 5.52. The number of nitriles is 1. The zero-order valence-corrected chi connectivity index (χ0v) is 16.1. The molecule has 1 unspecified atom stereocenters. The maximum atomic E-state index is 11.5. The molecule has 5 atom stereocenters. The highest BCUT2D eigenvalue weighted by Crippen LogP contribution is 2.48. The van der Waals surface area contributed by atoms with Crippen LogP contribution < -0.4 is 9.47 Å². The normalized spacial score (nSPS) is 29.0. The number of benzene rings is 1. The number of ether oxygens (including phenoxy) is 2. The molecule has 1 fully saturated rings. The lowest BCUT2D eigenvalue weighted by atomic mass is 9.68. The van der Waals surface area contributed by atoms with Gasteiger partial charge in [0.15, 0.2) is 11.5 Å². The summed E-state index contributed by atoms with van der Waals surface area (Å²) in [5.74, 6) is 1.89. The van der Waals surface area contributed by atoms with Gasteiger partial charge in [0.25, 0.3) is 0 Å². The molecule has 0 N–H and O–H groups in total. The van der Waals surface area contributed by atoms with E-state index in [4.69, 9.17) is 9.47 Å². The Bertz CT molecular complexity index is 712. The number of methoxy groups -OCH3 is 2. The molecule has 0 aliphatic carbocycles. The number of aldehydes is 1. The van der Waals surface area contributed by atoms with Crippen LogP contribution in [0.1, 0.15) is 43.9 Å². The van der Waals surface area contributed by atoms with Crippen molar-refractivity contribution < 1.29 is 14.3 Å². The standard InChI is InChI=1S/C21H28N2O3/c1-5-15-16(13(2)12-24)9-18-17-10-21(26-4)20(25-3)8-14(17)6-7-23(18)19(15)11-22/h8,10,12-13,15-16,18-19H,5-7,9H2,1-4H3/t13?,15-,16-,18+,19-/m1/s1. The van der Waals surface area contributed by atoms with Crippen LogP contribution in [0.5, 0.6) is 11.5 Å². The summed E-state index contributed by atoms with van der Waals surface area (Å²) in [6.07, 6.45) is 3.77. The number of hydrogen-bond acceptors (Lipinski definition) is 5. The third kappa shape index (κ3) is 2.97. The van der Waals surface area contributed by atoms with Crippen LogP contribution in [0.3, 0.4) is 0 Å². The molecule has 0 bridgehead atoms. The molecule has 5 heteroatoms. The molecule has 0 aromatic heterocycles. The molecule has 26 heavy (non-hydrogen) atoms. The van der Waals surface area contributed by atoms with E-state index in [0.717, 1.165) is 43.6 Å². The van der Waals surface area contributed by atoms with Gasteiger partial charge in [-0.3, -0.25) is 4.90 Å². The van der Waals surface area contributed by atoms with E-state index in [9.17, 15) is 10.1 Å². The zero-order valence-electron chi connectivity index (χ0n) is 16.1. The number of hydrogen-bond donors (Lipinski definition) is 0. The van der Waals surface area contributed by atoms with Crippen LogP contribution in [-0.4, -0.2) is 38.0 Å². The smallest absolute Gasteiger partial charge is 0.161 e. The van der Waals surface area contributed by atoms with Crippen molar-refractivity contribution in [2.24, 2.45) is 17.8 Å². The minimum atomic E-state index is -0.146. The van der Waals surface area contributed by atoms with E-state index in [1.54, 1.807) is 14.2 Å². The summed E-state index contributed by atoms with van der Waals surface area (Å²) in [5, 5.41) is 9.91. The maximum Gasteiger partial charge on any atom is 0.161 e. The van der Waals surface area contributed by atoms with Crippen LogP contribution >= 0.6 is 0 Å². The van der Waals surface area contributed by atoms with Crippen LogP contribution in [0.2, 0.25) is 0 Å². The molecule has 5 nitrogen and oxygen atoms in total. The highest BCUT2D eigenvalue weighted by Gasteiger charge is 2.46. The molecule has 140 valence electrons. The van der Waals surface area contributed by atoms with Crippen molar-refractivity contribution in [1.82, 2.24) is 4.90 Å². The lowest BCUT2D eigenvalue weighted by Gasteiger charge is -2.51.